The van der Waals surface area contributed by atoms with Crippen LogP contribution >= 0.6 is 0 Å². The first kappa shape index (κ1) is 22.5. The van der Waals surface area contributed by atoms with Crippen LogP contribution in [0.1, 0.15) is 34.7 Å². The Morgan fingerprint density at radius 3 is 2.58 bits per heavy atom. The van der Waals surface area contributed by atoms with Crippen LogP contribution in [0.5, 0.6) is 5.75 Å². The fourth-order valence-electron chi connectivity index (χ4n) is 5.75. The van der Waals surface area contributed by atoms with Crippen molar-refractivity contribution >= 4 is 35.1 Å². The number of urea groups is 1. The number of hydrogen-bond acceptors (Lipinski definition) is 6. The van der Waals surface area contributed by atoms with Crippen molar-refractivity contribution in [3.63, 3.8) is 0 Å². The highest BCUT2D eigenvalue weighted by atomic mass is 16.5. The van der Waals surface area contributed by atoms with Crippen molar-refractivity contribution in [1.82, 2.24) is 16.0 Å². The van der Waals surface area contributed by atoms with Gasteiger partial charge in [0.25, 0.3) is 5.91 Å². The molecular formula is C26H33N5O5. The maximum Gasteiger partial charge on any atom is 0.322 e. The number of amides is 5. The van der Waals surface area contributed by atoms with E-state index in [0.717, 1.165) is 37.1 Å². The van der Waals surface area contributed by atoms with Crippen molar-refractivity contribution in [2.45, 2.75) is 43.2 Å². The highest BCUT2D eigenvalue weighted by molar-refractivity contribution is 6.08. The Bertz CT molecular complexity index is 1300. The van der Waals surface area contributed by atoms with E-state index in [1.165, 1.54) is 4.90 Å². The van der Waals surface area contributed by atoms with E-state index in [1.54, 1.807) is 12.1 Å². The zero-order chi connectivity index (χ0) is 24.9. The number of rotatable bonds is 3. The molecule has 1 unspecified atom stereocenters. The molecule has 1 aliphatic carbocycles. The largest absolute Gasteiger partial charge is 0.484 e. The van der Waals surface area contributed by atoms with Crippen molar-refractivity contribution in [2.75, 3.05) is 29.9 Å². The van der Waals surface area contributed by atoms with Crippen LogP contribution in [-0.2, 0) is 27.2 Å². The maximum absolute atomic E-state index is 13.4. The van der Waals surface area contributed by atoms with Crippen molar-refractivity contribution in [1.29, 1.82) is 0 Å². The Kier molecular flexibility index (Phi) is 5.22. The molecule has 2 fully saturated rings. The van der Waals surface area contributed by atoms with E-state index in [-0.39, 0.29) is 35.0 Å². The summed E-state index contributed by atoms with van der Waals surface area (Å²) in [7, 11) is 0. The second-order valence-electron chi connectivity index (χ2n) is 10.0. The van der Waals surface area contributed by atoms with Crippen LogP contribution < -0.4 is 30.9 Å². The van der Waals surface area contributed by atoms with Crippen molar-refractivity contribution in [3.05, 3.63) is 53.6 Å². The predicted octanol–water partition coefficient (Wildman–Crippen LogP) is 1.98. The Morgan fingerprint density at radius 1 is 1.03 bits per heavy atom. The molecule has 0 aromatic heterocycles. The van der Waals surface area contributed by atoms with Crippen LogP contribution in [-0.4, -0.2) is 54.5 Å². The van der Waals surface area contributed by atoms with Gasteiger partial charge in [0.15, 0.2) is 0 Å². The summed E-state index contributed by atoms with van der Waals surface area (Å²) in [4.78, 5) is 51.9. The van der Waals surface area contributed by atoms with E-state index in [4.69, 9.17) is 4.74 Å². The quantitative estimate of drug-likeness (QED) is 0.482. The molecule has 10 heteroatoms. The average molecular weight is 496 g/mol. The highest BCUT2D eigenvalue weighted by Crippen LogP contribution is 2.40. The lowest BCUT2D eigenvalue weighted by atomic mass is 9.88. The summed E-state index contributed by atoms with van der Waals surface area (Å²) >= 11 is 0. The SMILES string of the molecule is O=C(CN1C(=O)CC2(CCNCC2)Oc2ccccc21)Nc1ccc2c(c1)CC1(C2)NC(=O)NC1=O.[HH].[HH].[HH]. The van der Waals surface area contributed by atoms with E-state index in [2.05, 4.69) is 21.3 Å². The molecule has 4 N–H and O–H groups in total. The van der Waals surface area contributed by atoms with Crippen LogP contribution in [0.4, 0.5) is 16.2 Å². The standard InChI is InChI=1S/C26H27N5O5.3H2/c32-21(28-18-6-5-16-12-26(13-17(16)11-18)23(34)29-24(35)30-26)15-31-19-3-1-2-4-20(19)36-25(14-22(31)33)7-9-27-10-8-25;;;/h1-6,11,27H,7-10,12-15H2,(H,28,32)(H2,29,30,34,35);3*1H. The molecule has 1 atom stereocenters. The third-order valence-electron chi connectivity index (χ3n) is 7.56. The Hall–Kier alpha value is -3.92. The number of carbonyl (C=O) groups excluding carboxylic acids is 4. The second-order valence-corrected chi connectivity index (χ2v) is 10.0. The number of carbonyl (C=O) groups is 4. The monoisotopic (exact) mass is 495 g/mol. The number of para-hydroxylation sites is 2. The van der Waals surface area contributed by atoms with Gasteiger partial charge in [-0.15, -0.1) is 0 Å². The summed E-state index contributed by atoms with van der Waals surface area (Å²) in [6.45, 7) is 1.41. The number of benzene rings is 2. The first-order valence-electron chi connectivity index (χ1n) is 12.2. The normalized spacial score (nSPS) is 24.0. The number of hydrogen-bond donors (Lipinski definition) is 4. The van der Waals surface area contributed by atoms with Crippen molar-refractivity contribution < 1.29 is 28.2 Å². The first-order valence-corrected chi connectivity index (χ1v) is 12.2. The summed E-state index contributed by atoms with van der Waals surface area (Å²) in [5.74, 6) is -0.200. The zero-order valence-electron chi connectivity index (χ0n) is 19.7. The number of ether oxygens (including phenoxy) is 1. The second kappa shape index (κ2) is 8.34. The fourth-order valence-corrected chi connectivity index (χ4v) is 5.75. The van der Waals surface area contributed by atoms with Gasteiger partial charge in [0.1, 0.15) is 23.4 Å². The van der Waals surface area contributed by atoms with Crippen molar-refractivity contribution in [2.24, 2.45) is 0 Å². The molecule has 0 bridgehead atoms. The third kappa shape index (κ3) is 3.87. The molecule has 2 spiro atoms. The van der Waals surface area contributed by atoms with Gasteiger partial charge in [-0.3, -0.25) is 24.6 Å². The van der Waals surface area contributed by atoms with Crippen LogP contribution in [0.2, 0.25) is 0 Å². The van der Waals surface area contributed by atoms with Crippen LogP contribution in [0.25, 0.3) is 0 Å². The summed E-state index contributed by atoms with van der Waals surface area (Å²) in [5, 5.41) is 11.2. The third-order valence-corrected chi connectivity index (χ3v) is 7.56. The van der Waals surface area contributed by atoms with Crippen LogP contribution in [0.3, 0.4) is 0 Å². The molecule has 10 nitrogen and oxygen atoms in total. The van der Waals surface area contributed by atoms with E-state index in [9.17, 15) is 19.2 Å². The van der Waals surface area contributed by atoms with Gasteiger partial charge in [0.2, 0.25) is 11.8 Å². The van der Waals surface area contributed by atoms with Gasteiger partial charge in [-0.25, -0.2) is 4.79 Å². The molecule has 3 aliphatic heterocycles. The van der Waals surface area contributed by atoms with Crippen LogP contribution in [0, 0.1) is 0 Å². The minimum Gasteiger partial charge on any atom is -0.484 e. The summed E-state index contributed by atoms with van der Waals surface area (Å²) < 4.78 is 6.40. The lowest BCUT2D eigenvalue weighted by Gasteiger charge is -2.36. The number of nitrogens with one attached hydrogen (secondary N) is 4. The maximum atomic E-state index is 13.4. The topological polar surface area (TPSA) is 129 Å². The predicted molar refractivity (Wildman–Crippen MR) is 137 cm³/mol. The van der Waals surface area contributed by atoms with Gasteiger partial charge in [0, 0.05) is 35.7 Å². The first-order chi connectivity index (χ1) is 17.3. The molecule has 192 valence electrons. The molecule has 5 amide bonds. The molecule has 0 saturated carbocycles. The molecule has 2 saturated heterocycles. The van der Waals surface area contributed by atoms with Gasteiger partial charge in [-0.05, 0) is 48.5 Å². The molecule has 3 heterocycles. The average Bonchev–Trinajstić information content (AvgIpc) is 3.31. The molecule has 2 aromatic carbocycles. The van der Waals surface area contributed by atoms with Gasteiger partial charge < -0.3 is 20.7 Å². The summed E-state index contributed by atoms with van der Waals surface area (Å²) in [6, 6.07) is 12.3. The molecule has 36 heavy (non-hydrogen) atoms. The molecule has 6 rings (SSSR count). The van der Waals surface area contributed by atoms with Crippen LogP contribution in [0.15, 0.2) is 42.5 Å². The molecule has 2 aromatic rings. The number of nitrogens with zero attached hydrogens (tertiary/aromatic N) is 1. The lowest BCUT2D eigenvalue weighted by Crippen LogP contribution is -2.48. The van der Waals surface area contributed by atoms with Gasteiger partial charge in [-0.2, -0.15) is 0 Å². The number of imide groups is 1. The summed E-state index contributed by atoms with van der Waals surface area (Å²) in [5.41, 5.74) is 1.47. The highest BCUT2D eigenvalue weighted by Gasteiger charge is 2.50. The molecular weight excluding hydrogens is 462 g/mol. The smallest absolute Gasteiger partial charge is 0.322 e. The summed E-state index contributed by atoms with van der Waals surface area (Å²) in [6.07, 6.45) is 2.43. The zero-order valence-corrected chi connectivity index (χ0v) is 19.7. The number of fused-ring (bicyclic) bond motifs is 2. The van der Waals surface area contributed by atoms with Gasteiger partial charge in [0.05, 0.1) is 12.1 Å². The minimum absolute atomic E-state index is 0. The van der Waals surface area contributed by atoms with E-state index in [1.807, 2.05) is 30.3 Å². The number of anilines is 2. The van der Waals surface area contributed by atoms with E-state index >= 15 is 0 Å². The minimum atomic E-state index is -0.963. The Balaban J connectivity index is 0.00000140. The van der Waals surface area contributed by atoms with E-state index in [0.29, 0.717) is 30.0 Å². The lowest BCUT2D eigenvalue weighted by molar-refractivity contribution is -0.124. The molecule has 0 radical (unpaired) electrons. The van der Waals surface area contributed by atoms with E-state index < -0.39 is 17.2 Å². The van der Waals surface area contributed by atoms with Gasteiger partial charge in [-0.1, -0.05) is 18.2 Å². The van der Waals surface area contributed by atoms with Crippen molar-refractivity contribution in [3.8, 4) is 5.75 Å². The fraction of sp³-hybridized carbons (Fsp3) is 0.385. The Labute approximate surface area is 212 Å². The molecule has 4 aliphatic rings. The van der Waals surface area contributed by atoms with Gasteiger partial charge >= 0.3 is 6.03 Å². The number of piperidine rings is 1. The Morgan fingerprint density at radius 2 is 1.81 bits per heavy atom.